The van der Waals surface area contributed by atoms with E-state index in [4.69, 9.17) is 9.84 Å². The smallest absolute Gasteiger partial charge is 0.314 e. The van der Waals surface area contributed by atoms with Crippen molar-refractivity contribution < 1.29 is 24.2 Å². The maximum Gasteiger partial charge on any atom is 0.314 e. The van der Waals surface area contributed by atoms with Crippen molar-refractivity contribution in [1.29, 1.82) is 0 Å². The molecule has 1 saturated heterocycles. The molecule has 5 heteroatoms. The topological polar surface area (TPSA) is 72.8 Å². The molecule has 1 aliphatic rings. The van der Waals surface area contributed by atoms with Crippen molar-refractivity contribution in [2.24, 2.45) is 5.41 Å². The minimum Gasteiger partial charge on any atom is -0.462 e. The highest BCUT2D eigenvalue weighted by molar-refractivity contribution is 5.78. The minimum atomic E-state index is -0.883. The van der Waals surface area contributed by atoms with E-state index in [1.807, 2.05) is 0 Å². The summed E-state index contributed by atoms with van der Waals surface area (Å²) in [5.41, 5.74) is -0.883. The van der Waals surface area contributed by atoms with Crippen LogP contribution < -0.4 is 0 Å². The fourth-order valence-electron chi connectivity index (χ4n) is 1.18. The van der Waals surface area contributed by atoms with Gasteiger partial charge in [0.2, 0.25) is 0 Å². The number of ether oxygens (including phenoxy) is 2. The molecule has 1 rings (SSSR count). The van der Waals surface area contributed by atoms with Crippen LogP contribution in [0.5, 0.6) is 0 Å². The standard InChI is InChI=1S/C10H16O5/c1-3-10(2,6-11)9(13)15-7-4-8(12)14-5-7/h7,11H,3-6H2,1-2H3. The van der Waals surface area contributed by atoms with Crippen molar-refractivity contribution in [1.82, 2.24) is 0 Å². The molecule has 1 aliphatic heterocycles. The number of cyclic esters (lactones) is 1. The Bertz CT molecular complexity index is 257. The lowest BCUT2D eigenvalue weighted by atomic mass is 9.89. The normalized spacial score (nSPS) is 24.5. The van der Waals surface area contributed by atoms with Crippen LogP contribution in [0.2, 0.25) is 0 Å². The SMILES string of the molecule is CCC(C)(CO)C(=O)OC1COC(=O)C1. The molecule has 15 heavy (non-hydrogen) atoms. The Morgan fingerprint density at radius 2 is 2.40 bits per heavy atom. The van der Waals surface area contributed by atoms with Gasteiger partial charge in [-0.25, -0.2) is 0 Å². The third kappa shape index (κ3) is 2.68. The van der Waals surface area contributed by atoms with Crippen LogP contribution in [0.1, 0.15) is 26.7 Å². The van der Waals surface area contributed by atoms with Gasteiger partial charge in [0.25, 0.3) is 0 Å². The van der Waals surface area contributed by atoms with Crippen LogP contribution in [0.4, 0.5) is 0 Å². The minimum absolute atomic E-state index is 0.108. The Morgan fingerprint density at radius 1 is 1.73 bits per heavy atom. The Morgan fingerprint density at radius 3 is 2.80 bits per heavy atom. The Balaban J connectivity index is 2.51. The van der Waals surface area contributed by atoms with Gasteiger partial charge in [-0.1, -0.05) is 6.92 Å². The third-order valence-corrected chi connectivity index (χ3v) is 2.72. The van der Waals surface area contributed by atoms with Crippen molar-refractivity contribution in [2.45, 2.75) is 32.8 Å². The number of esters is 2. The van der Waals surface area contributed by atoms with Crippen LogP contribution >= 0.6 is 0 Å². The molecule has 0 spiro atoms. The van der Waals surface area contributed by atoms with Crippen molar-refractivity contribution in [3.63, 3.8) is 0 Å². The van der Waals surface area contributed by atoms with Gasteiger partial charge in [0.15, 0.2) is 0 Å². The van der Waals surface area contributed by atoms with E-state index in [0.29, 0.717) is 6.42 Å². The largest absolute Gasteiger partial charge is 0.462 e. The average Bonchev–Trinajstić information content (AvgIpc) is 2.62. The molecule has 1 N–H and O–H groups in total. The molecule has 0 aromatic rings. The molecule has 86 valence electrons. The van der Waals surface area contributed by atoms with Gasteiger partial charge in [0.1, 0.15) is 12.7 Å². The molecule has 1 fully saturated rings. The molecule has 2 unspecified atom stereocenters. The number of hydrogen-bond donors (Lipinski definition) is 1. The summed E-state index contributed by atoms with van der Waals surface area (Å²) in [5.74, 6) is -0.828. The summed E-state index contributed by atoms with van der Waals surface area (Å²) in [6, 6.07) is 0. The highest BCUT2D eigenvalue weighted by Crippen LogP contribution is 2.24. The van der Waals surface area contributed by atoms with Gasteiger partial charge in [-0.15, -0.1) is 0 Å². The zero-order valence-electron chi connectivity index (χ0n) is 8.99. The quantitative estimate of drug-likeness (QED) is 0.682. The molecule has 0 aromatic carbocycles. The molecule has 5 nitrogen and oxygen atoms in total. The maximum atomic E-state index is 11.6. The van der Waals surface area contributed by atoms with Crippen LogP contribution in [0.25, 0.3) is 0 Å². The Hall–Kier alpha value is -1.10. The Kier molecular flexibility index (Phi) is 3.68. The highest BCUT2D eigenvalue weighted by Gasteiger charge is 2.36. The van der Waals surface area contributed by atoms with Gasteiger partial charge in [-0.3, -0.25) is 9.59 Å². The third-order valence-electron chi connectivity index (χ3n) is 2.72. The van der Waals surface area contributed by atoms with E-state index in [1.54, 1.807) is 13.8 Å². The molecule has 0 bridgehead atoms. The number of rotatable bonds is 4. The molecular weight excluding hydrogens is 200 g/mol. The van der Waals surface area contributed by atoms with Crippen LogP contribution in [-0.2, 0) is 19.1 Å². The second-order valence-corrected chi connectivity index (χ2v) is 3.99. The second kappa shape index (κ2) is 4.61. The summed E-state index contributed by atoms with van der Waals surface area (Å²) in [6.45, 7) is 3.29. The molecule has 0 aliphatic carbocycles. The fraction of sp³-hybridized carbons (Fsp3) is 0.800. The number of aliphatic hydroxyl groups is 1. The summed E-state index contributed by atoms with van der Waals surface area (Å²) in [6.07, 6.45) is 0.100. The summed E-state index contributed by atoms with van der Waals surface area (Å²) in [4.78, 5) is 22.4. The maximum absolute atomic E-state index is 11.6. The zero-order valence-corrected chi connectivity index (χ0v) is 8.99. The fourth-order valence-corrected chi connectivity index (χ4v) is 1.18. The van der Waals surface area contributed by atoms with Gasteiger partial charge in [0, 0.05) is 0 Å². The predicted molar refractivity (Wildman–Crippen MR) is 50.9 cm³/mol. The van der Waals surface area contributed by atoms with Crippen LogP contribution in [-0.4, -0.2) is 36.4 Å². The van der Waals surface area contributed by atoms with E-state index in [0.717, 1.165) is 0 Å². The molecule has 0 amide bonds. The lowest BCUT2D eigenvalue weighted by molar-refractivity contribution is -0.163. The molecule has 0 saturated carbocycles. The monoisotopic (exact) mass is 216 g/mol. The van der Waals surface area contributed by atoms with Crippen LogP contribution in [0, 0.1) is 5.41 Å². The van der Waals surface area contributed by atoms with E-state index < -0.39 is 17.5 Å². The number of aliphatic hydroxyl groups excluding tert-OH is 1. The molecule has 1 heterocycles. The average molecular weight is 216 g/mol. The Labute approximate surface area is 88.4 Å². The van der Waals surface area contributed by atoms with Gasteiger partial charge in [-0.05, 0) is 13.3 Å². The lowest BCUT2D eigenvalue weighted by Gasteiger charge is -2.24. The van der Waals surface area contributed by atoms with Crippen molar-refractivity contribution in [3.8, 4) is 0 Å². The van der Waals surface area contributed by atoms with E-state index in [1.165, 1.54) is 0 Å². The summed E-state index contributed by atoms with van der Waals surface area (Å²) in [5, 5.41) is 9.08. The first kappa shape index (κ1) is 12.0. The predicted octanol–water partition coefficient (Wildman–Crippen LogP) is 0.254. The molecule has 0 aromatic heterocycles. The van der Waals surface area contributed by atoms with E-state index >= 15 is 0 Å². The van der Waals surface area contributed by atoms with Gasteiger partial charge in [-0.2, -0.15) is 0 Å². The second-order valence-electron chi connectivity index (χ2n) is 3.99. The molecule has 2 atom stereocenters. The summed E-state index contributed by atoms with van der Waals surface area (Å²) < 4.78 is 9.75. The number of carbonyl (C=O) groups is 2. The zero-order chi connectivity index (χ0) is 11.5. The van der Waals surface area contributed by atoms with Crippen LogP contribution in [0.3, 0.4) is 0 Å². The van der Waals surface area contributed by atoms with E-state index in [9.17, 15) is 9.59 Å². The van der Waals surface area contributed by atoms with Crippen molar-refractivity contribution in [2.75, 3.05) is 13.2 Å². The number of carbonyl (C=O) groups excluding carboxylic acids is 2. The lowest BCUT2D eigenvalue weighted by Crippen LogP contribution is -2.35. The molecule has 0 radical (unpaired) electrons. The van der Waals surface area contributed by atoms with Crippen molar-refractivity contribution >= 4 is 11.9 Å². The van der Waals surface area contributed by atoms with Gasteiger partial charge >= 0.3 is 11.9 Å². The van der Waals surface area contributed by atoms with Gasteiger partial charge in [0.05, 0.1) is 18.4 Å². The van der Waals surface area contributed by atoms with Crippen LogP contribution in [0.15, 0.2) is 0 Å². The van der Waals surface area contributed by atoms with Gasteiger partial charge < -0.3 is 14.6 Å². The highest BCUT2D eigenvalue weighted by atomic mass is 16.6. The van der Waals surface area contributed by atoms with E-state index in [2.05, 4.69) is 4.74 Å². The summed E-state index contributed by atoms with van der Waals surface area (Å²) >= 11 is 0. The number of hydrogen-bond acceptors (Lipinski definition) is 5. The first-order chi connectivity index (χ1) is 7.01. The first-order valence-corrected chi connectivity index (χ1v) is 4.99. The first-order valence-electron chi connectivity index (χ1n) is 4.99. The summed E-state index contributed by atoms with van der Waals surface area (Å²) in [7, 11) is 0. The van der Waals surface area contributed by atoms with E-state index in [-0.39, 0.29) is 25.6 Å². The van der Waals surface area contributed by atoms with Crippen molar-refractivity contribution in [3.05, 3.63) is 0 Å². The molecular formula is C10H16O5.